The van der Waals surface area contributed by atoms with Gasteiger partial charge in [0, 0.05) is 11.1 Å². The Hall–Kier alpha value is -2.86. The molecule has 4 rings (SSSR count). The van der Waals surface area contributed by atoms with Crippen molar-refractivity contribution in [1.29, 1.82) is 0 Å². The van der Waals surface area contributed by atoms with Gasteiger partial charge in [0.1, 0.15) is 0 Å². The van der Waals surface area contributed by atoms with Crippen LogP contribution >= 0.6 is 11.8 Å². The van der Waals surface area contributed by atoms with Crippen molar-refractivity contribution in [3.8, 4) is 22.8 Å². The molecule has 0 saturated heterocycles. The Morgan fingerprint density at radius 1 is 0.792 bits per heavy atom. The molecule has 6 heteroatoms. The highest BCUT2D eigenvalue weighted by Gasteiger charge is 2.11. The highest BCUT2D eigenvalue weighted by atomic mass is 32.2. The number of benzene rings is 2. The summed E-state index contributed by atoms with van der Waals surface area (Å²) in [6.45, 7) is 0. The van der Waals surface area contributed by atoms with Gasteiger partial charge in [-0.05, 0) is 12.1 Å². The molecule has 0 amide bonds. The molecule has 0 N–H and O–H groups in total. The van der Waals surface area contributed by atoms with Crippen molar-refractivity contribution in [2.75, 3.05) is 0 Å². The van der Waals surface area contributed by atoms with Gasteiger partial charge in [-0.25, -0.2) is 4.98 Å². The first kappa shape index (κ1) is 14.7. The molecule has 0 atom stereocenters. The average molecular weight is 335 g/mol. The molecular formula is C18H13N3O2S. The Balaban J connectivity index is 1.43. The molecule has 2 aromatic carbocycles. The molecule has 0 radical (unpaired) electrons. The zero-order chi connectivity index (χ0) is 16.2. The first-order chi connectivity index (χ1) is 11.9. The summed E-state index contributed by atoms with van der Waals surface area (Å²) in [5, 5.41) is 8.61. The van der Waals surface area contributed by atoms with E-state index in [0.29, 0.717) is 22.8 Å². The van der Waals surface area contributed by atoms with Crippen LogP contribution in [0.4, 0.5) is 0 Å². The van der Waals surface area contributed by atoms with Crippen molar-refractivity contribution < 1.29 is 8.83 Å². The SMILES string of the molecule is c1ccc(-c2cnc(CSc3nnc(-c4ccccc4)o3)o2)cc1. The number of rotatable bonds is 5. The van der Waals surface area contributed by atoms with Gasteiger partial charge >= 0.3 is 0 Å². The lowest BCUT2D eigenvalue weighted by Crippen LogP contribution is -1.79. The Bertz CT molecular complexity index is 842. The minimum Gasteiger partial charge on any atom is -0.440 e. The van der Waals surface area contributed by atoms with E-state index in [4.69, 9.17) is 8.83 Å². The maximum Gasteiger partial charge on any atom is 0.277 e. The summed E-state index contributed by atoms with van der Waals surface area (Å²) < 4.78 is 11.4. The van der Waals surface area contributed by atoms with Crippen LogP contribution in [0.3, 0.4) is 0 Å². The zero-order valence-electron chi connectivity index (χ0n) is 12.6. The van der Waals surface area contributed by atoms with Crippen molar-refractivity contribution in [3.63, 3.8) is 0 Å². The molecule has 2 aromatic heterocycles. The van der Waals surface area contributed by atoms with Gasteiger partial charge in [0.15, 0.2) is 5.76 Å². The minimum absolute atomic E-state index is 0.494. The first-order valence-corrected chi connectivity index (χ1v) is 8.39. The van der Waals surface area contributed by atoms with Gasteiger partial charge in [0.2, 0.25) is 11.8 Å². The molecule has 0 aliphatic carbocycles. The predicted octanol–water partition coefficient (Wildman–Crippen LogP) is 4.68. The van der Waals surface area contributed by atoms with Crippen LogP contribution in [0.1, 0.15) is 5.89 Å². The van der Waals surface area contributed by atoms with Gasteiger partial charge in [0.05, 0.1) is 11.9 Å². The van der Waals surface area contributed by atoms with E-state index >= 15 is 0 Å². The third kappa shape index (κ3) is 3.23. The molecule has 0 fully saturated rings. The summed E-state index contributed by atoms with van der Waals surface area (Å²) in [5.41, 5.74) is 1.91. The van der Waals surface area contributed by atoms with Gasteiger partial charge < -0.3 is 8.83 Å². The highest BCUT2D eigenvalue weighted by molar-refractivity contribution is 7.98. The molecule has 2 heterocycles. The fourth-order valence-electron chi connectivity index (χ4n) is 2.20. The molecule has 0 saturated carbocycles. The van der Waals surface area contributed by atoms with Crippen LogP contribution in [-0.4, -0.2) is 15.2 Å². The van der Waals surface area contributed by atoms with Crippen molar-refractivity contribution in [1.82, 2.24) is 15.2 Å². The van der Waals surface area contributed by atoms with Gasteiger partial charge in [-0.2, -0.15) is 0 Å². The van der Waals surface area contributed by atoms with Crippen LogP contribution in [0, 0.1) is 0 Å². The minimum atomic E-state index is 0.494. The molecule has 0 aliphatic rings. The van der Waals surface area contributed by atoms with Crippen molar-refractivity contribution in [2.45, 2.75) is 11.0 Å². The molecule has 24 heavy (non-hydrogen) atoms. The van der Waals surface area contributed by atoms with Crippen LogP contribution in [0.15, 0.2) is 80.9 Å². The normalized spacial score (nSPS) is 10.8. The second-order valence-electron chi connectivity index (χ2n) is 5.01. The number of nitrogens with zero attached hydrogens (tertiary/aromatic N) is 3. The van der Waals surface area contributed by atoms with E-state index in [9.17, 15) is 0 Å². The second kappa shape index (κ2) is 6.72. The number of oxazole rings is 1. The van der Waals surface area contributed by atoms with Crippen LogP contribution < -0.4 is 0 Å². The first-order valence-electron chi connectivity index (χ1n) is 7.40. The van der Waals surface area contributed by atoms with E-state index in [1.165, 1.54) is 11.8 Å². The standard InChI is InChI=1S/C18H13N3O2S/c1-3-7-13(8-4-1)15-11-19-16(22-15)12-24-18-21-20-17(23-18)14-9-5-2-6-10-14/h1-11H,12H2. The summed E-state index contributed by atoms with van der Waals surface area (Å²) >= 11 is 1.40. The Morgan fingerprint density at radius 2 is 1.50 bits per heavy atom. The van der Waals surface area contributed by atoms with Crippen molar-refractivity contribution >= 4 is 11.8 Å². The summed E-state index contributed by atoms with van der Waals surface area (Å²) in [7, 11) is 0. The summed E-state index contributed by atoms with van der Waals surface area (Å²) in [6.07, 6.45) is 1.73. The molecule has 0 aliphatic heterocycles. The van der Waals surface area contributed by atoms with E-state index < -0.39 is 0 Å². The van der Waals surface area contributed by atoms with Crippen molar-refractivity contribution in [2.24, 2.45) is 0 Å². The Kier molecular flexibility index (Phi) is 4.12. The largest absolute Gasteiger partial charge is 0.440 e. The molecule has 4 aromatic rings. The van der Waals surface area contributed by atoms with E-state index in [2.05, 4.69) is 15.2 Å². The number of hydrogen-bond donors (Lipinski definition) is 0. The molecule has 118 valence electrons. The van der Waals surface area contributed by atoms with Crippen LogP contribution in [-0.2, 0) is 5.75 Å². The average Bonchev–Trinajstić information content (AvgIpc) is 3.31. The number of hydrogen-bond acceptors (Lipinski definition) is 6. The summed E-state index contributed by atoms with van der Waals surface area (Å²) in [5.74, 6) is 2.42. The van der Waals surface area contributed by atoms with Gasteiger partial charge in [0.25, 0.3) is 5.22 Å². The van der Waals surface area contributed by atoms with E-state index in [0.717, 1.165) is 16.9 Å². The predicted molar refractivity (Wildman–Crippen MR) is 91.2 cm³/mol. The third-order valence-electron chi connectivity index (χ3n) is 3.36. The van der Waals surface area contributed by atoms with Crippen LogP contribution in [0.2, 0.25) is 0 Å². The van der Waals surface area contributed by atoms with Gasteiger partial charge in [-0.1, -0.05) is 60.3 Å². The number of aromatic nitrogens is 3. The quantitative estimate of drug-likeness (QED) is 0.493. The van der Waals surface area contributed by atoms with Crippen LogP contribution in [0.25, 0.3) is 22.8 Å². The lowest BCUT2D eigenvalue weighted by molar-refractivity contribution is 0.464. The van der Waals surface area contributed by atoms with Gasteiger partial charge in [-0.15, -0.1) is 10.2 Å². The van der Waals surface area contributed by atoms with Gasteiger partial charge in [-0.3, -0.25) is 0 Å². The maximum atomic E-state index is 5.76. The van der Waals surface area contributed by atoms with E-state index in [1.54, 1.807) is 6.20 Å². The monoisotopic (exact) mass is 335 g/mol. The second-order valence-corrected chi connectivity index (χ2v) is 5.94. The smallest absolute Gasteiger partial charge is 0.277 e. The molecular weight excluding hydrogens is 322 g/mol. The Morgan fingerprint density at radius 3 is 2.25 bits per heavy atom. The van der Waals surface area contributed by atoms with Crippen LogP contribution in [0.5, 0.6) is 0 Å². The summed E-state index contributed by atoms with van der Waals surface area (Å²) in [4.78, 5) is 4.30. The lowest BCUT2D eigenvalue weighted by atomic mass is 10.2. The lowest BCUT2D eigenvalue weighted by Gasteiger charge is -1.95. The Labute approximate surface area is 142 Å². The highest BCUT2D eigenvalue weighted by Crippen LogP contribution is 2.27. The third-order valence-corrected chi connectivity index (χ3v) is 4.16. The number of thioether (sulfide) groups is 1. The molecule has 0 bridgehead atoms. The maximum absolute atomic E-state index is 5.76. The summed E-state index contributed by atoms with van der Waals surface area (Å²) in [6, 6.07) is 19.6. The topological polar surface area (TPSA) is 65.0 Å². The van der Waals surface area contributed by atoms with E-state index in [1.807, 2.05) is 60.7 Å². The molecule has 0 unspecified atom stereocenters. The van der Waals surface area contributed by atoms with Crippen molar-refractivity contribution in [3.05, 3.63) is 72.8 Å². The van der Waals surface area contributed by atoms with E-state index in [-0.39, 0.29) is 0 Å². The zero-order valence-corrected chi connectivity index (χ0v) is 13.4. The fourth-order valence-corrected chi connectivity index (χ4v) is 2.82. The fraction of sp³-hybridized carbons (Fsp3) is 0.0556. The molecule has 0 spiro atoms. The molecule has 5 nitrogen and oxygen atoms in total.